The van der Waals surface area contributed by atoms with E-state index >= 15 is 0 Å². The summed E-state index contributed by atoms with van der Waals surface area (Å²) in [4.78, 5) is 5.01. The van der Waals surface area contributed by atoms with Gasteiger partial charge in [-0.15, -0.1) is 11.3 Å². The highest BCUT2D eigenvalue weighted by atomic mass is 32.2. The summed E-state index contributed by atoms with van der Waals surface area (Å²) in [6, 6.07) is -0.108. The van der Waals surface area contributed by atoms with E-state index in [9.17, 15) is 8.42 Å². The Hall–Kier alpha value is -1.12. The predicted octanol–water partition coefficient (Wildman–Crippen LogP) is 1.86. The SMILES string of the molecule is CCNc1nc2sccn2c1S(=O)(=O)N(C)C(C)C. The molecule has 2 aromatic heterocycles. The fourth-order valence-corrected chi connectivity index (χ4v) is 4.07. The molecule has 0 atom stereocenters. The highest BCUT2D eigenvalue weighted by molar-refractivity contribution is 7.89. The molecule has 0 spiro atoms. The van der Waals surface area contributed by atoms with Crippen molar-refractivity contribution in [2.45, 2.75) is 31.8 Å². The van der Waals surface area contributed by atoms with Crippen molar-refractivity contribution in [3.8, 4) is 0 Å². The number of hydrogen-bond acceptors (Lipinski definition) is 5. The lowest BCUT2D eigenvalue weighted by Crippen LogP contribution is -2.34. The van der Waals surface area contributed by atoms with E-state index in [1.165, 1.54) is 15.6 Å². The van der Waals surface area contributed by atoms with Gasteiger partial charge < -0.3 is 5.32 Å². The van der Waals surface area contributed by atoms with E-state index in [4.69, 9.17) is 0 Å². The van der Waals surface area contributed by atoms with Gasteiger partial charge >= 0.3 is 0 Å². The minimum atomic E-state index is -3.57. The first-order chi connectivity index (χ1) is 8.89. The number of rotatable bonds is 5. The van der Waals surface area contributed by atoms with Crippen molar-refractivity contribution in [1.82, 2.24) is 13.7 Å². The summed E-state index contributed by atoms with van der Waals surface area (Å²) in [6.07, 6.45) is 1.73. The lowest BCUT2D eigenvalue weighted by molar-refractivity contribution is 0.408. The molecule has 0 saturated carbocycles. The topological polar surface area (TPSA) is 66.7 Å². The zero-order valence-corrected chi connectivity index (χ0v) is 13.0. The third kappa shape index (κ3) is 2.35. The van der Waals surface area contributed by atoms with Crippen LogP contribution in [-0.4, -0.2) is 41.7 Å². The largest absolute Gasteiger partial charge is 0.368 e. The van der Waals surface area contributed by atoms with Crippen LogP contribution in [0.4, 0.5) is 5.82 Å². The summed E-state index contributed by atoms with van der Waals surface area (Å²) in [6.45, 7) is 6.22. The van der Waals surface area contributed by atoms with Crippen molar-refractivity contribution in [2.75, 3.05) is 18.9 Å². The van der Waals surface area contributed by atoms with Gasteiger partial charge in [-0.1, -0.05) is 0 Å². The van der Waals surface area contributed by atoms with Crippen LogP contribution < -0.4 is 5.32 Å². The second-order valence-corrected chi connectivity index (χ2v) is 7.25. The average molecular weight is 302 g/mol. The molecule has 8 heteroatoms. The number of anilines is 1. The molecule has 1 N–H and O–H groups in total. The normalized spacial score (nSPS) is 12.7. The van der Waals surface area contributed by atoms with Crippen LogP contribution >= 0.6 is 11.3 Å². The van der Waals surface area contributed by atoms with Gasteiger partial charge in [0, 0.05) is 31.2 Å². The lowest BCUT2D eigenvalue weighted by atomic mass is 10.4. The highest BCUT2D eigenvalue weighted by Crippen LogP contribution is 2.28. The molecule has 106 valence electrons. The highest BCUT2D eigenvalue weighted by Gasteiger charge is 2.31. The van der Waals surface area contributed by atoms with Crippen molar-refractivity contribution < 1.29 is 8.42 Å². The maximum absolute atomic E-state index is 12.7. The van der Waals surface area contributed by atoms with Crippen LogP contribution in [0.2, 0.25) is 0 Å². The summed E-state index contributed by atoms with van der Waals surface area (Å²) in [5.41, 5.74) is 0. The number of imidazole rings is 1. The lowest BCUT2D eigenvalue weighted by Gasteiger charge is -2.21. The maximum Gasteiger partial charge on any atom is 0.262 e. The van der Waals surface area contributed by atoms with Crippen LogP contribution in [-0.2, 0) is 10.0 Å². The van der Waals surface area contributed by atoms with Gasteiger partial charge in [-0.2, -0.15) is 4.31 Å². The second kappa shape index (κ2) is 5.10. The Morgan fingerprint density at radius 2 is 2.21 bits per heavy atom. The zero-order valence-electron chi connectivity index (χ0n) is 11.4. The van der Waals surface area contributed by atoms with Crippen LogP contribution in [0.3, 0.4) is 0 Å². The Balaban J connectivity index is 2.65. The molecule has 0 bridgehead atoms. The third-order valence-corrected chi connectivity index (χ3v) is 5.73. The minimum Gasteiger partial charge on any atom is -0.368 e. The van der Waals surface area contributed by atoms with E-state index in [1.807, 2.05) is 26.2 Å². The Labute approximate surface area is 117 Å². The predicted molar refractivity (Wildman–Crippen MR) is 77.3 cm³/mol. The van der Waals surface area contributed by atoms with Crippen molar-refractivity contribution >= 4 is 32.1 Å². The number of hydrogen-bond donors (Lipinski definition) is 1. The molecule has 2 heterocycles. The molecular weight excluding hydrogens is 284 g/mol. The van der Waals surface area contributed by atoms with Gasteiger partial charge in [-0.3, -0.25) is 4.40 Å². The number of sulfonamides is 1. The Kier molecular flexibility index (Phi) is 3.84. The number of aromatic nitrogens is 2. The van der Waals surface area contributed by atoms with Crippen LogP contribution in [0, 0.1) is 0 Å². The molecule has 2 aromatic rings. The van der Waals surface area contributed by atoms with Gasteiger partial charge in [0.05, 0.1) is 0 Å². The van der Waals surface area contributed by atoms with Crippen molar-refractivity contribution in [1.29, 1.82) is 0 Å². The Bertz CT molecular complexity index is 672. The smallest absolute Gasteiger partial charge is 0.262 e. The fraction of sp³-hybridized carbons (Fsp3) is 0.545. The molecule has 0 saturated heterocycles. The van der Waals surface area contributed by atoms with Crippen molar-refractivity contribution in [3.05, 3.63) is 11.6 Å². The van der Waals surface area contributed by atoms with Gasteiger partial charge in [0.1, 0.15) is 0 Å². The van der Waals surface area contributed by atoms with Crippen molar-refractivity contribution in [2.24, 2.45) is 0 Å². The third-order valence-electron chi connectivity index (χ3n) is 2.91. The van der Waals surface area contributed by atoms with E-state index in [0.717, 1.165) is 0 Å². The number of thiazole rings is 1. The number of nitrogens with zero attached hydrogens (tertiary/aromatic N) is 3. The summed E-state index contributed by atoms with van der Waals surface area (Å²) in [5, 5.41) is 5.06. The Morgan fingerprint density at radius 1 is 1.53 bits per heavy atom. The molecule has 19 heavy (non-hydrogen) atoms. The molecule has 0 radical (unpaired) electrons. The van der Waals surface area contributed by atoms with Gasteiger partial charge in [-0.25, -0.2) is 13.4 Å². The molecule has 0 aliphatic rings. The first-order valence-corrected chi connectivity index (χ1v) is 8.39. The summed E-state index contributed by atoms with van der Waals surface area (Å²) >= 11 is 1.41. The van der Waals surface area contributed by atoms with E-state index in [2.05, 4.69) is 10.3 Å². The van der Waals surface area contributed by atoms with Crippen LogP contribution in [0.25, 0.3) is 4.96 Å². The first-order valence-electron chi connectivity index (χ1n) is 6.07. The quantitative estimate of drug-likeness (QED) is 0.915. The molecule has 0 fully saturated rings. The molecule has 0 aromatic carbocycles. The van der Waals surface area contributed by atoms with Gasteiger partial charge in [0.15, 0.2) is 15.8 Å². The van der Waals surface area contributed by atoms with E-state index < -0.39 is 10.0 Å². The monoisotopic (exact) mass is 302 g/mol. The van der Waals surface area contributed by atoms with Gasteiger partial charge in [-0.05, 0) is 20.8 Å². The maximum atomic E-state index is 12.7. The first kappa shape index (κ1) is 14.3. The fourth-order valence-electron chi connectivity index (χ4n) is 1.71. The van der Waals surface area contributed by atoms with E-state index in [-0.39, 0.29) is 11.1 Å². The summed E-state index contributed by atoms with van der Waals surface area (Å²) in [7, 11) is -1.98. The summed E-state index contributed by atoms with van der Waals surface area (Å²) < 4.78 is 28.3. The summed E-state index contributed by atoms with van der Waals surface area (Å²) in [5.74, 6) is 0.418. The molecule has 0 aliphatic carbocycles. The molecule has 0 unspecified atom stereocenters. The van der Waals surface area contributed by atoms with Crippen LogP contribution in [0.5, 0.6) is 0 Å². The number of nitrogens with one attached hydrogen (secondary N) is 1. The molecule has 0 amide bonds. The molecule has 2 rings (SSSR count). The Morgan fingerprint density at radius 3 is 2.79 bits per heavy atom. The molecule has 0 aliphatic heterocycles. The zero-order chi connectivity index (χ0) is 14.2. The minimum absolute atomic E-state index is 0.108. The van der Waals surface area contributed by atoms with Crippen LogP contribution in [0.15, 0.2) is 16.6 Å². The van der Waals surface area contributed by atoms with Crippen LogP contribution in [0.1, 0.15) is 20.8 Å². The molecular formula is C11H18N4O2S2. The van der Waals surface area contributed by atoms with E-state index in [0.29, 0.717) is 17.3 Å². The van der Waals surface area contributed by atoms with Crippen molar-refractivity contribution in [3.63, 3.8) is 0 Å². The van der Waals surface area contributed by atoms with Gasteiger partial charge in [0.2, 0.25) is 0 Å². The number of fused-ring (bicyclic) bond motifs is 1. The second-order valence-electron chi connectivity index (χ2n) is 4.47. The molecule has 6 nitrogen and oxygen atoms in total. The van der Waals surface area contributed by atoms with Gasteiger partial charge in [0.25, 0.3) is 10.0 Å². The average Bonchev–Trinajstić information content (AvgIpc) is 2.87. The standard InChI is InChI=1S/C11H18N4O2S2/c1-5-12-9-10(15-6-7-18-11(15)13-9)19(16,17)14(4)8(2)3/h6-8,12H,5H2,1-4H3. The van der Waals surface area contributed by atoms with E-state index in [1.54, 1.807) is 17.6 Å².